The van der Waals surface area contributed by atoms with E-state index >= 15 is 0 Å². The molecule has 0 aliphatic rings. The van der Waals surface area contributed by atoms with E-state index in [4.69, 9.17) is 0 Å². The lowest BCUT2D eigenvalue weighted by molar-refractivity contribution is -0.454. The molecular formula is C2HBrF4O2. The highest BCUT2D eigenvalue weighted by atomic mass is 79.9. The van der Waals surface area contributed by atoms with Gasteiger partial charge in [-0.15, -0.1) is 4.89 Å². The quantitative estimate of drug-likeness (QED) is 0.309. The molecule has 0 saturated heterocycles. The molecule has 7 heteroatoms. The highest BCUT2D eigenvalue weighted by Gasteiger charge is 2.28. The van der Waals surface area contributed by atoms with Crippen molar-refractivity contribution in [2.45, 2.75) is 11.6 Å². The molecule has 0 spiro atoms. The SMILES string of the molecule is FC(F)OOC(F)(F)Br. The average molecular weight is 213 g/mol. The van der Waals surface area contributed by atoms with Crippen molar-refractivity contribution in [3.8, 4) is 0 Å². The lowest BCUT2D eigenvalue weighted by Crippen LogP contribution is -2.13. The highest BCUT2D eigenvalue weighted by Crippen LogP contribution is 2.23. The Hall–Kier alpha value is 0.120. The minimum atomic E-state index is -3.86. The molecule has 0 aromatic heterocycles. The van der Waals surface area contributed by atoms with Crippen molar-refractivity contribution in [1.82, 2.24) is 0 Å². The summed E-state index contributed by atoms with van der Waals surface area (Å²) in [6.45, 7) is -3.37. The van der Waals surface area contributed by atoms with Crippen molar-refractivity contribution in [1.29, 1.82) is 0 Å². The predicted octanol–water partition coefficient (Wildman–Crippen LogP) is 2.10. The average Bonchev–Trinajstić information content (AvgIpc) is 1.59. The molecule has 9 heavy (non-hydrogen) atoms. The first-order chi connectivity index (χ1) is 3.92. The molecule has 0 fully saturated rings. The molecule has 0 bridgehead atoms. The van der Waals surface area contributed by atoms with Gasteiger partial charge in [-0.1, -0.05) is 0 Å². The van der Waals surface area contributed by atoms with Crippen LogP contribution in [0.1, 0.15) is 0 Å². The van der Waals surface area contributed by atoms with Crippen molar-refractivity contribution >= 4 is 15.9 Å². The Kier molecular flexibility index (Phi) is 3.37. The normalized spacial score (nSPS) is 12.7. The first-order valence-electron chi connectivity index (χ1n) is 1.61. The molecule has 0 unspecified atom stereocenters. The van der Waals surface area contributed by atoms with Gasteiger partial charge in [-0.25, -0.2) is 0 Å². The first-order valence-corrected chi connectivity index (χ1v) is 2.40. The number of rotatable bonds is 3. The number of hydrogen-bond donors (Lipinski definition) is 0. The molecule has 56 valence electrons. The second-order valence-corrected chi connectivity index (χ2v) is 1.81. The molecule has 0 atom stereocenters. The van der Waals surface area contributed by atoms with Crippen molar-refractivity contribution in [3.63, 3.8) is 0 Å². The van der Waals surface area contributed by atoms with Crippen LogP contribution in [-0.2, 0) is 9.78 Å². The number of hydrogen-bond acceptors (Lipinski definition) is 2. The van der Waals surface area contributed by atoms with Crippen LogP contribution >= 0.6 is 15.9 Å². The molecule has 0 radical (unpaired) electrons. The topological polar surface area (TPSA) is 18.5 Å². The molecule has 0 heterocycles. The zero-order valence-corrected chi connectivity index (χ0v) is 5.37. The zero-order chi connectivity index (χ0) is 7.49. The Morgan fingerprint density at radius 3 is 1.89 bits per heavy atom. The van der Waals surface area contributed by atoms with Gasteiger partial charge in [0.2, 0.25) is 0 Å². The molecule has 0 aliphatic carbocycles. The summed E-state index contributed by atoms with van der Waals surface area (Å²) in [6, 6.07) is 0. The fourth-order valence-electron chi connectivity index (χ4n) is 0.0909. The molecule has 2 nitrogen and oxygen atoms in total. The Labute approximate surface area is 55.8 Å². The summed E-state index contributed by atoms with van der Waals surface area (Å²) in [6.07, 6.45) is 0. The highest BCUT2D eigenvalue weighted by molar-refractivity contribution is 9.09. The Morgan fingerprint density at radius 1 is 1.33 bits per heavy atom. The van der Waals surface area contributed by atoms with E-state index in [-0.39, 0.29) is 0 Å². The minimum absolute atomic E-state index is 1.59. The van der Waals surface area contributed by atoms with Gasteiger partial charge >= 0.3 is 11.6 Å². The standard InChI is InChI=1S/C2HBrF4O2/c3-2(6,7)9-8-1(4)5/h1H. The molecular weight excluding hydrogens is 212 g/mol. The fourth-order valence-corrected chi connectivity index (χ4v) is 0.167. The van der Waals surface area contributed by atoms with Crippen LogP contribution in [0.5, 0.6) is 0 Å². The van der Waals surface area contributed by atoms with Crippen LogP contribution in [0.2, 0.25) is 0 Å². The monoisotopic (exact) mass is 212 g/mol. The summed E-state index contributed by atoms with van der Waals surface area (Å²) in [4.78, 5) is 5.60. The Bertz CT molecular complexity index is 81.1. The van der Waals surface area contributed by atoms with Crippen molar-refractivity contribution < 1.29 is 27.3 Å². The van der Waals surface area contributed by atoms with Gasteiger partial charge in [0.15, 0.2) is 0 Å². The molecule has 0 aromatic carbocycles. The molecule has 0 amide bonds. The third-order valence-electron chi connectivity index (χ3n) is 0.215. The lowest BCUT2D eigenvalue weighted by atomic mass is 11.5. The molecule has 0 aromatic rings. The van der Waals surface area contributed by atoms with Gasteiger partial charge in [0, 0.05) is 15.9 Å². The van der Waals surface area contributed by atoms with E-state index in [0.29, 0.717) is 0 Å². The van der Waals surface area contributed by atoms with E-state index in [9.17, 15) is 17.6 Å². The van der Waals surface area contributed by atoms with Gasteiger partial charge < -0.3 is 0 Å². The second-order valence-electron chi connectivity index (χ2n) is 0.886. The van der Waals surface area contributed by atoms with Crippen LogP contribution in [0.3, 0.4) is 0 Å². The van der Waals surface area contributed by atoms with E-state index in [1.54, 1.807) is 15.9 Å². The summed E-state index contributed by atoms with van der Waals surface area (Å²) in [5.74, 6) is 0. The maximum Gasteiger partial charge on any atom is 0.440 e. The van der Waals surface area contributed by atoms with E-state index in [1.165, 1.54) is 0 Å². The van der Waals surface area contributed by atoms with Crippen molar-refractivity contribution in [3.05, 3.63) is 0 Å². The number of halogens is 5. The Balaban J connectivity index is 3.28. The van der Waals surface area contributed by atoms with Crippen LogP contribution in [0.25, 0.3) is 0 Å². The van der Waals surface area contributed by atoms with Gasteiger partial charge in [-0.3, -0.25) is 0 Å². The predicted molar refractivity (Wildman–Crippen MR) is 22.0 cm³/mol. The first kappa shape index (κ1) is 9.12. The maximum absolute atomic E-state index is 11.3. The molecule has 0 N–H and O–H groups in total. The van der Waals surface area contributed by atoms with E-state index in [2.05, 4.69) is 9.78 Å². The van der Waals surface area contributed by atoms with Crippen molar-refractivity contribution in [2.75, 3.05) is 0 Å². The smallest absolute Gasteiger partial charge is 0.176 e. The van der Waals surface area contributed by atoms with Gasteiger partial charge in [0.05, 0.1) is 0 Å². The maximum atomic E-state index is 11.3. The van der Waals surface area contributed by atoms with Crippen LogP contribution in [0.4, 0.5) is 17.6 Å². The summed E-state index contributed by atoms with van der Waals surface area (Å²) in [7, 11) is 0. The van der Waals surface area contributed by atoms with E-state index in [0.717, 1.165) is 0 Å². The number of alkyl halides is 5. The summed E-state index contributed by atoms with van der Waals surface area (Å²) in [5.41, 5.74) is 0. The van der Waals surface area contributed by atoms with Crippen LogP contribution in [0.15, 0.2) is 0 Å². The molecule has 0 rings (SSSR count). The summed E-state index contributed by atoms with van der Waals surface area (Å²) < 4.78 is 44.4. The third kappa shape index (κ3) is 8.12. The molecule has 0 saturated carbocycles. The summed E-state index contributed by atoms with van der Waals surface area (Å²) >= 11 is 1.59. The van der Waals surface area contributed by atoms with E-state index < -0.39 is 11.6 Å². The summed E-state index contributed by atoms with van der Waals surface area (Å²) in [5, 5.41) is -3.86. The fraction of sp³-hybridized carbons (Fsp3) is 1.00. The largest absolute Gasteiger partial charge is 0.440 e. The molecule has 0 aliphatic heterocycles. The van der Waals surface area contributed by atoms with Gasteiger partial charge in [-0.2, -0.15) is 22.4 Å². The lowest BCUT2D eigenvalue weighted by Gasteiger charge is -2.05. The van der Waals surface area contributed by atoms with Gasteiger partial charge in [-0.05, 0) is 0 Å². The minimum Gasteiger partial charge on any atom is -0.176 e. The van der Waals surface area contributed by atoms with Crippen LogP contribution in [0, 0.1) is 0 Å². The van der Waals surface area contributed by atoms with Crippen LogP contribution in [-0.4, -0.2) is 11.6 Å². The van der Waals surface area contributed by atoms with Gasteiger partial charge in [0.25, 0.3) is 0 Å². The zero-order valence-electron chi connectivity index (χ0n) is 3.78. The Morgan fingerprint density at radius 2 is 1.78 bits per heavy atom. The second kappa shape index (κ2) is 3.33. The third-order valence-corrected chi connectivity index (χ3v) is 0.348. The van der Waals surface area contributed by atoms with Crippen molar-refractivity contribution in [2.24, 2.45) is 0 Å². The van der Waals surface area contributed by atoms with Crippen LogP contribution < -0.4 is 0 Å². The van der Waals surface area contributed by atoms with E-state index in [1.807, 2.05) is 0 Å². The van der Waals surface area contributed by atoms with Gasteiger partial charge in [0.1, 0.15) is 0 Å².